The highest BCUT2D eigenvalue weighted by atomic mass is 32.2. The Kier molecular flexibility index (Phi) is 5.48. The predicted molar refractivity (Wildman–Crippen MR) is 104 cm³/mol. The lowest BCUT2D eigenvalue weighted by Gasteiger charge is -2.17. The van der Waals surface area contributed by atoms with Crippen LogP contribution < -0.4 is 15.2 Å². The number of nitrogens with two attached hydrogens (primary N) is 1. The molecule has 0 saturated carbocycles. The van der Waals surface area contributed by atoms with Crippen molar-refractivity contribution in [2.24, 2.45) is 5.14 Å². The fourth-order valence-electron chi connectivity index (χ4n) is 2.75. The quantitative estimate of drug-likeness (QED) is 0.657. The molecule has 1 heterocycles. The third-order valence-corrected chi connectivity index (χ3v) is 5.20. The van der Waals surface area contributed by atoms with Crippen molar-refractivity contribution in [3.05, 3.63) is 72.3 Å². The second-order valence-electron chi connectivity index (χ2n) is 6.16. The topological polar surface area (TPSA) is 116 Å². The minimum Gasteiger partial charge on any atom is -0.496 e. The molecule has 0 spiro atoms. The predicted octanol–water partition coefficient (Wildman–Crippen LogP) is 2.02. The fourth-order valence-corrected chi connectivity index (χ4v) is 3.29. The number of methoxy groups -OCH3 is 1. The van der Waals surface area contributed by atoms with Gasteiger partial charge in [0.05, 0.1) is 29.9 Å². The van der Waals surface area contributed by atoms with Gasteiger partial charge in [0.25, 0.3) is 5.91 Å². The number of hydrogen-bond acceptors (Lipinski definition) is 5. The maximum Gasteiger partial charge on any atom is 0.255 e. The number of sulfonamides is 1. The third-order valence-electron chi connectivity index (χ3n) is 4.29. The van der Waals surface area contributed by atoms with Crippen LogP contribution in [0.2, 0.25) is 0 Å². The molecule has 0 bridgehead atoms. The normalized spacial score (nSPS) is 12.4. The number of aromatic nitrogens is 2. The lowest BCUT2D eigenvalue weighted by Crippen LogP contribution is -2.27. The van der Waals surface area contributed by atoms with Gasteiger partial charge in [0.15, 0.2) is 0 Å². The van der Waals surface area contributed by atoms with Crippen molar-refractivity contribution >= 4 is 15.9 Å². The van der Waals surface area contributed by atoms with Crippen LogP contribution in [0.4, 0.5) is 0 Å². The van der Waals surface area contributed by atoms with Crippen LogP contribution in [-0.4, -0.2) is 31.0 Å². The van der Waals surface area contributed by atoms with Gasteiger partial charge in [-0.2, -0.15) is 0 Å². The molecule has 9 heteroatoms. The van der Waals surface area contributed by atoms with Crippen LogP contribution >= 0.6 is 0 Å². The van der Waals surface area contributed by atoms with Gasteiger partial charge in [0, 0.05) is 18.1 Å². The molecule has 0 fully saturated rings. The molecule has 2 aromatic carbocycles. The lowest BCUT2D eigenvalue weighted by molar-refractivity contribution is 0.0936. The van der Waals surface area contributed by atoms with Gasteiger partial charge in [-0.1, -0.05) is 12.1 Å². The van der Waals surface area contributed by atoms with Crippen molar-refractivity contribution in [3.8, 4) is 11.4 Å². The Bertz CT molecular complexity index is 1080. The number of carbonyl (C=O) groups is 1. The number of benzene rings is 2. The molecule has 3 N–H and O–H groups in total. The first-order valence-electron chi connectivity index (χ1n) is 8.39. The number of imidazole rings is 1. The minimum atomic E-state index is -3.93. The molecule has 3 aromatic rings. The molecule has 3 rings (SSSR count). The maximum absolute atomic E-state index is 12.7. The summed E-state index contributed by atoms with van der Waals surface area (Å²) in [6.07, 6.45) is 5.23. The molecule has 1 aromatic heterocycles. The summed E-state index contributed by atoms with van der Waals surface area (Å²) in [7, 11) is -2.53. The zero-order valence-corrected chi connectivity index (χ0v) is 16.2. The molecule has 8 nitrogen and oxygen atoms in total. The van der Waals surface area contributed by atoms with Gasteiger partial charge in [-0.05, 0) is 42.8 Å². The highest BCUT2D eigenvalue weighted by molar-refractivity contribution is 7.89. The Labute approximate surface area is 163 Å². The average molecular weight is 400 g/mol. The van der Waals surface area contributed by atoms with Crippen LogP contribution in [0.25, 0.3) is 5.69 Å². The van der Waals surface area contributed by atoms with Gasteiger partial charge < -0.3 is 14.6 Å². The average Bonchev–Trinajstić information content (AvgIpc) is 3.21. The van der Waals surface area contributed by atoms with Gasteiger partial charge >= 0.3 is 0 Å². The Balaban J connectivity index is 1.80. The van der Waals surface area contributed by atoms with E-state index in [-0.39, 0.29) is 22.3 Å². The summed E-state index contributed by atoms with van der Waals surface area (Å²) in [5.74, 6) is -0.207. The summed E-state index contributed by atoms with van der Waals surface area (Å²) in [6, 6.07) is 11.2. The van der Waals surface area contributed by atoms with Crippen LogP contribution in [0.15, 0.2) is 66.1 Å². The van der Waals surface area contributed by atoms with E-state index < -0.39 is 15.9 Å². The molecular formula is C19H20N4O4S. The van der Waals surface area contributed by atoms with E-state index in [0.717, 1.165) is 11.3 Å². The van der Waals surface area contributed by atoms with Gasteiger partial charge in [-0.25, -0.2) is 18.5 Å². The minimum absolute atomic E-state index is 0.0934. The number of primary sulfonamides is 1. The summed E-state index contributed by atoms with van der Waals surface area (Å²) >= 11 is 0. The summed E-state index contributed by atoms with van der Waals surface area (Å²) in [5.41, 5.74) is 1.93. The smallest absolute Gasteiger partial charge is 0.255 e. The highest BCUT2D eigenvalue weighted by Crippen LogP contribution is 2.23. The van der Waals surface area contributed by atoms with E-state index >= 15 is 0 Å². The van der Waals surface area contributed by atoms with Crippen molar-refractivity contribution in [1.29, 1.82) is 0 Å². The van der Waals surface area contributed by atoms with Crippen molar-refractivity contribution < 1.29 is 17.9 Å². The van der Waals surface area contributed by atoms with Gasteiger partial charge in [0.2, 0.25) is 10.0 Å². The van der Waals surface area contributed by atoms with Crippen molar-refractivity contribution in [3.63, 3.8) is 0 Å². The fraction of sp³-hybridized carbons (Fsp3) is 0.158. The highest BCUT2D eigenvalue weighted by Gasteiger charge is 2.19. The van der Waals surface area contributed by atoms with Gasteiger partial charge in [-0.15, -0.1) is 0 Å². The van der Waals surface area contributed by atoms with Crippen LogP contribution in [0, 0.1) is 0 Å². The largest absolute Gasteiger partial charge is 0.496 e. The van der Waals surface area contributed by atoms with Gasteiger partial charge in [-0.3, -0.25) is 4.79 Å². The SMILES string of the molecule is COc1ccc(S(N)(=O)=O)cc1C(=O)NC(C)c1ccc(-n2ccnc2)cc1. The van der Waals surface area contributed by atoms with Crippen LogP contribution in [0.1, 0.15) is 28.9 Å². The number of ether oxygens (including phenoxy) is 1. The number of rotatable bonds is 6. The molecule has 1 unspecified atom stereocenters. The number of nitrogens with one attached hydrogen (secondary N) is 1. The van der Waals surface area contributed by atoms with Gasteiger partial charge in [0.1, 0.15) is 5.75 Å². The number of nitrogens with zero attached hydrogens (tertiary/aromatic N) is 2. The summed E-state index contributed by atoms with van der Waals surface area (Å²) in [5, 5.41) is 8.00. The van der Waals surface area contributed by atoms with Crippen molar-refractivity contribution in [2.75, 3.05) is 7.11 Å². The molecular weight excluding hydrogens is 380 g/mol. The molecule has 1 amide bonds. The molecule has 0 aliphatic rings. The van der Waals surface area contributed by atoms with E-state index in [0.29, 0.717) is 0 Å². The standard InChI is InChI=1S/C19H20N4O4S/c1-13(14-3-5-15(6-4-14)23-10-9-21-12-23)22-19(24)17-11-16(28(20,25)26)7-8-18(17)27-2/h3-13H,1-2H3,(H,22,24)(H2,20,25,26). The first-order valence-corrected chi connectivity index (χ1v) is 9.94. The lowest BCUT2D eigenvalue weighted by atomic mass is 10.1. The number of hydrogen-bond donors (Lipinski definition) is 2. The van der Waals surface area contributed by atoms with Crippen LogP contribution in [0.5, 0.6) is 5.75 Å². The monoisotopic (exact) mass is 400 g/mol. The van der Waals surface area contributed by atoms with E-state index in [9.17, 15) is 13.2 Å². The van der Waals surface area contributed by atoms with E-state index in [1.165, 1.54) is 25.3 Å². The van der Waals surface area contributed by atoms with Crippen LogP contribution in [0.3, 0.4) is 0 Å². The molecule has 0 radical (unpaired) electrons. The van der Waals surface area contributed by atoms with Crippen molar-refractivity contribution in [1.82, 2.24) is 14.9 Å². The summed E-state index contributed by atoms with van der Waals surface area (Å²) in [6.45, 7) is 1.83. The molecule has 0 aliphatic heterocycles. The number of carbonyl (C=O) groups excluding carboxylic acids is 1. The Morgan fingerprint density at radius 3 is 2.50 bits per heavy atom. The van der Waals surface area contributed by atoms with Crippen LogP contribution in [-0.2, 0) is 10.0 Å². The summed E-state index contributed by atoms with van der Waals surface area (Å²) < 4.78 is 30.2. The summed E-state index contributed by atoms with van der Waals surface area (Å²) in [4.78, 5) is 16.6. The zero-order valence-electron chi connectivity index (χ0n) is 15.4. The third kappa shape index (κ3) is 4.21. The first kappa shape index (κ1) is 19.6. The maximum atomic E-state index is 12.7. The number of amides is 1. The van der Waals surface area contributed by atoms with E-state index in [1.54, 1.807) is 12.5 Å². The Morgan fingerprint density at radius 1 is 1.21 bits per heavy atom. The zero-order chi connectivity index (χ0) is 20.3. The molecule has 0 saturated heterocycles. The Hall–Kier alpha value is -3.17. The van der Waals surface area contributed by atoms with E-state index in [1.807, 2.05) is 42.0 Å². The molecule has 0 aliphatic carbocycles. The van der Waals surface area contributed by atoms with E-state index in [2.05, 4.69) is 10.3 Å². The molecule has 1 atom stereocenters. The second-order valence-corrected chi connectivity index (χ2v) is 7.73. The second kappa shape index (κ2) is 7.83. The Morgan fingerprint density at radius 2 is 1.93 bits per heavy atom. The molecule has 146 valence electrons. The molecule has 28 heavy (non-hydrogen) atoms. The van der Waals surface area contributed by atoms with E-state index in [4.69, 9.17) is 9.88 Å². The van der Waals surface area contributed by atoms with Crippen molar-refractivity contribution in [2.45, 2.75) is 17.9 Å². The first-order chi connectivity index (χ1) is 13.3.